The first-order valence-electron chi connectivity index (χ1n) is 7.28. The molecule has 2 aromatic rings. The predicted octanol–water partition coefficient (Wildman–Crippen LogP) is 4.45. The van der Waals surface area contributed by atoms with Crippen LogP contribution in [0, 0.1) is 0 Å². The zero-order valence-corrected chi connectivity index (χ0v) is 12.4. The average molecular weight is 270 g/mol. The molecular weight excluding hydrogens is 248 g/mol. The fourth-order valence-electron chi connectivity index (χ4n) is 2.76. The molecule has 106 valence electrons. The van der Waals surface area contributed by atoms with Crippen LogP contribution in [0.1, 0.15) is 37.5 Å². The van der Waals surface area contributed by atoms with Crippen LogP contribution in [0.25, 0.3) is 11.1 Å². The number of hydrogen-bond acceptors (Lipinski definition) is 2. The van der Waals surface area contributed by atoms with Crippen LogP contribution in [0.5, 0.6) is 11.5 Å². The summed E-state index contributed by atoms with van der Waals surface area (Å²) in [4.78, 5) is 0. The number of aromatic hydroxyl groups is 2. The maximum absolute atomic E-state index is 10.7. The van der Waals surface area contributed by atoms with Crippen LogP contribution >= 0.6 is 0 Å². The van der Waals surface area contributed by atoms with Crippen LogP contribution in [0.3, 0.4) is 0 Å². The van der Waals surface area contributed by atoms with Crippen molar-refractivity contribution in [3.05, 3.63) is 47.0 Å². The highest BCUT2D eigenvalue weighted by Crippen LogP contribution is 2.39. The summed E-state index contributed by atoms with van der Waals surface area (Å²) in [7, 11) is 0. The van der Waals surface area contributed by atoms with E-state index in [1.165, 1.54) is 5.56 Å². The van der Waals surface area contributed by atoms with Gasteiger partial charge in [-0.15, -0.1) is 0 Å². The minimum Gasteiger partial charge on any atom is -0.508 e. The quantitative estimate of drug-likeness (QED) is 0.861. The Hall–Kier alpha value is -1.96. The second-order valence-electron chi connectivity index (χ2n) is 5.00. The molecule has 0 aliphatic carbocycles. The lowest BCUT2D eigenvalue weighted by molar-refractivity contribution is 0.468. The van der Waals surface area contributed by atoms with E-state index >= 15 is 0 Å². The Labute approximate surface area is 120 Å². The second-order valence-corrected chi connectivity index (χ2v) is 5.00. The molecule has 2 rings (SSSR count). The van der Waals surface area contributed by atoms with Crippen molar-refractivity contribution < 1.29 is 10.2 Å². The molecule has 0 saturated carbocycles. The van der Waals surface area contributed by atoms with E-state index in [0.29, 0.717) is 5.75 Å². The lowest BCUT2D eigenvalue weighted by Crippen LogP contribution is -1.98. The SMILES string of the molecule is CCc1cc(CC)c(-c2ccc(O)cc2)c(O)c1CC. The van der Waals surface area contributed by atoms with Gasteiger partial charge in [-0.2, -0.15) is 0 Å². The summed E-state index contributed by atoms with van der Waals surface area (Å²) < 4.78 is 0. The largest absolute Gasteiger partial charge is 0.508 e. The van der Waals surface area contributed by atoms with Crippen molar-refractivity contribution in [1.29, 1.82) is 0 Å². The molecule has 0 aliphatic heterocycles. The van der Waals surface area contributed by atoms with Crippen LogP contribution in [-0.2, 0) is 19.3 Å². The molecule has 2 N–H and O–H groups in total. The number of phenolic OH excluding ortho intramolecular Hbond substituents is 2. The third kappa shape index (κ3) is 2.51. The smallest absolute Gasteiger partial charge is 0.127 e. The van der Waals surface area contributed by atoms with Gasteiger partial charge in [0.15, 0.2) is 0 Å². The first kappa shape index (κ1) is 14.4. The lowest BCUT2D eigenvalue weighted by Gasteiger charge is -2.17. The maximum atomic E-state index is 10.7. The van der Waals surface area contributed by atoms with E-state index < -0.39 is 0 Å². The molecule has 0 atom stereocenters. The molecule has 0 amide bonds. The van der Waals surface area contributed by atoms with Gasteiger partial charge in [0.25, 0.3) is 0 Å². The monoisotopic (exact) mass is 270 g/mol. The van der Waals surface area contributed by atoms with Crippen LogP contribution < -0.4 is 0 Å². The van der Waals surface area contributed by atoms with Gasteiger partial charge in [0, 0.05) is 5.56 Å². The lowest BCUT2D eigenvalue weighted by atomic mass is 9.89. The summed E-state index contributed by atoms with van der Waals surface area (Å²) >= 11 is 0. The van der Waals surface area contributed by atoms with E-state index in [9.17, 15) is 10.2 Å². The first-order valence-corrected chi connectivity index (χ1v) is 7.28. The average Bonchev–Trinajstić information content (AvgIpc) is 2.47. The molecule has 2 heteroatoms. The van der Waals surface area contributed by atoms with Crippen LogP contribution in [0.4, 0.5) is 0 Å². The van der Waals surface area contributed by atoms with E-state index in [1.807, 2.05) is 12.1 Å². The molecule has 0 spiro atoms. The molecular formula is C18H22O2. The van der Waals surface area contributed by atoms with Crippen molar-refractivity contribution in [2.45, 2.75) is 40.0 Å². The Balaban J connectivity index is 2.70. The molecule has 0 saturated heterocycles. The van der Waals surface area contributed by atoms with Crippen LogP contribution in [-0.4, -0.2) is 10.2 Å². The third-order valence-corrected chi connectivity index (χ3v) is 3.85. The summed E-state index contributed by atoms with van der Waals surface area (Å²) in [6, 6.07) is 9.24. The zero-order chi connectivity index (χ0) is 14.7. The standard InChI is InChI=1S/C18H22O2/c1-4-12-11-13(5-2)17(18(20)16(12)6-3)14-7-9-15(19)10-8-14/h7-11,19-20H,4-6H2,1-3H3. The van der Waals surface area contributed by atoms with Gasteiger partial charge in [0.2, 0.25) is 0 Å². The Bertz CT molecular complexity index is 598. The minimum atomic E-state index is 0.243. The van der Waals surface area contributed by atoms with Crippen molar-refractivity contribution in [1.82, 2.24) is 0 Å². The van der Waals surface area contributed by atoms with E-state index in [0.717, 1.165) is 41.5 Å². The maximum Gasteiger partial charge on any atom is 0.127 e. The molecule has 0 radical (unpaired) electrons. The Morgan fingerprint density at radius 2 is 1.40 bits per heavy atom. The molecule has 0 heterocycles. The number of phenols is 2. The third-order valence-electron chi connectivity index (χ3n) is 3.85. The predicted molar refractivity (Wildman–Crippen MR) is 83.3 cm³/mol. The number of hydrogen-bond donors (Lipinski definition) is 2. The molecule has 2 aromatic carbocycles. The van der Waals surface area contributed by atoms with E-state index in [1.54, 1.807) is 12.1 Å². The number of benzene rings is 2. The van der Waals surface area contributed by atoms with Crippen LogP contribution in [0.2, 0.25) is 0 Å². The van der Waals surface area contributed by atoms with Crippen molar-refractivity contribution in [3.8, 4) is 22.6 Å². The van der Waals surface area contributed by atoms with E-state index in [2.05, 4.69) is 26.8 Å². The summed E-state index contributed by atoms with van der Waals surface area (Å²) in [6.07, 6.45) is 2.63. The van der Waals surface area contributed by atoms with Crippen LogP contribution in [0.15, 0.2) is 30.3 Å². The van der Waals surface area contributed by atoms with Gasteiger partial charge in [-0.05, 0) is 53.6 Å². The van der Waals surface area contributed by atoms with Gasteiger partial charge >= 0.3 is 0 Å². The summed E-state index contributed by atoms with van der Waals surface area (Å²) in [5.41, 5.74) is 5.27. The summed E-state index contributed by atoms with van der Waals surface area (Å²) in [5.74, 6) is 0.640. The Kier molecular flexibility index (Phi) is 4.33. The second kappa shape index (κ2) is 6.00. The Morgan fingerprint density at radius 1 is 0.800 bits per heavy atom. The molecule has 2 nitrogen and oxygen atoms in total. The van der Waals surface area contributed by atoms with Gasteiger partial charge in [-0.25, -0.2) is 0 Å². The van der Waals surface area contributed by atoms with Crippen molar-refractivity contribution in [2.24, 2.45) is 0 Å². The molecule has 0 aromatic heterocycles. The minimum absolute atomic E-state index is 0.243. The molecule has 0 fully saturated rings. The first-order chi connectivity index (χ1) is 9.62. The summed E-state index contributed by atoms with van der Waals surface area (Å²) in [6.45, 7) is 6.29. The number of aryl methyl sites for hydroxylation is 2. The normalized spacial score (nSPS) is 10.8. The van der Waals surface area contributed by atoms with Gasteiger partial charge in [-0.1, -0.05) is 39.0 Å². The fraction of sp³-hybridized carbons (Fsp3) is 0.333. The molecule has 0 bridgehead atoms. The zero-order valence-electron chi connectivity index (χ0n) is 12.4. The van der Waals surface area contributed by atoms with E-state index in [4.69, 9.17) is 0 Å². The van der Waals surface area contributed by atoms with Gasteiger partial charge < -0.3 is 10.2 Å². The topological polar surface area (TPSA) is 40.5 Å². The highest BCUT2D eigenvalue weighted by Gasteiger charge is 2.16. The van der Waals surface area contributed by atoms with Crippen molar-refractivity contribution in [3.63, 3.8) is 0 Å². The van der Waals surface area contributed by atoms with Gasteiger partial charge in [-0.3, -0.25) is 0 Å². The van der Waals surface area contributed by atoms with Crippen molar-refractivity contribution >= 4 is 0 Å². The van der Waals surface area contributed by atoms with E-state index in [-0.39, 0.29) is 5.75 Å². The highest BCUT2D eigenvalue weighted by atomic mass is 16.3. The molecule has 0 aliphatic rings. The van der Waals surface area contributed by atoms with Crippen molar-refractivity contribution in [2.75, 3.05) is 0 Å². The molecule has 20 heavy (non-hydrogen) atoms. The summed E-state index contributed by atoms with van der Waals surface area (Å²) in [5, 5.41) is 20.1. The molecule has 0 unspecified atom stereocenters. The number of rotatable bonds is 4. The van der Waals surface area contributed by atoms with Gasteiger partial charge in [0.1, 0.15) is 11.5 Å². The van der Waals surface area contributed by atoms with Gasteiger partial charge in [0.05, 0.1) is 0 Å². The fourth-order valence-corrected chi connectivity index (χ4v) is 2.76. The highest BCUT2D eigenvalue weighted by molar-refractivity contribution is 5.76. The Morgan fingerprint density at radius 3 is 1.90 bits per heavy atom.